The van der Waals surface area contributed by atoms with Gasteiger partial charge < -0.3 is 14.4 Å². The first-order valence-corrected chi connectivity index (χ1v) is 9.82. The van der Waals surface area contributed by atoms with Gasteiger partial charge in [-0.1, -0.05) is 17.3 Å². The Morgan fingerprint density at radius 3 is 2.72 bits per heavy atom. The molecule has 0 radical (unpaired) electrons. The van der Waals surface area contributed by atoms with Crippen molar-refractivity contribution in [3.63, 3.8) is 0 Å². The van der Waals surface area contributed by atoms with Crippen LogP contribution in [0.1, 0.15) is 40.8 Å². The Balaban J connectivity index is 1.33. The maximum atomic E-state index is 13.0. The van der Waals surface area contributed by atoms with Crippen molar-refractivity contribution in [3.05, 3.63) is 65.7 Å². The first-order chi connectivity index (χ1) is 14.2. The largest absolute Gasteiger partial charge is 0.342 e. The van der Waals surface area contributed by atoms with Gasteiger partial charge in [-0.25, -0.2) is 4.98 Å². The fourth-order valence-electron chi connectivity index (χ4n) is 3.90. The van der Waals surface area contributed by atoms with Gasteiger partial charge in [-0.3, -0.25) is 4.79 Å². The third-order valence-electron chi connectivity index (χ3n) is 5.41. The molecule has 7 nitrogen and oxygen atoms in total. The number of para-hydroxylation sites is 2. The highest BCUT2D eigenvalue weighted by Gasteiger charge is 2.27. The lowest BCUT2D eigenvalue weighted by Gasteiger charge is -2.32. The number of amides is 1. The van der Waals surface area contributed by atoms with E-state index in [1.807, 2.05) is 53.4 Å². The van der Waals surface area contributed by atoms with E-state index in [1.165, 1.54) is 0 Å². The molecule has 4 aromatic rings. The van der Waals surface area contributed by atoms with Gasteiger partial charge >= 0.3 is 0 Å². The standard InChI is InChI=1S/C22H21N5O2/c1-14-23-21(29-26-14)15-8-10-16(11-9-15)22(28)27-12-4-5-17(13-27)20-24-18-6-2-3-7-19(18)25-20/h2-3,6-11,17H,4-5,12-13H2,1H3,(H,24,25). The number of rotatable bonds is 3. The van der Waals surface area contributed by atoms with Crippen LogP contribution in [-0.2, 0) is 0 Å². The van der Waals surface area contributed by atoms with E-state index in [2.05, 4.69) is 15.1 Å². The minimum atomic E-state index is 0.0408. The van der Waals surface area contributed by atoms with Crippen molar-refractivity contribution in [2.75, 3.05) is 13.1 Å². The molecule has 0 saturated carbocycles. The first kappa shape index (κ1) is 17.6. The normalized spacial score (nSPS) is 17.0. The van der Waals surface area contributed by atoms with Crippen molar-refractivity contribution in [2.45, 2.75) is 25.7 Å². The van der Waals surface area contributed by atoms with Crippen molar-refractivity contribution in [2.24, 2.45) is 0 Å². The van der Waals surface area contributed by atoms with Gasteiger partial charge in [-0.05, 0) is 56.2 Å². The van der Waals surface area contributed by atoms with Crippen LogP contribution in [0.15, 0.2) is 53.1 Å². The average molecular weight is 387 g/mol. The third-order valence-corrected chi connectivity index (χ3v) is 5.41. The summed E-state index contributed by atoms with van der Waals surface area (Å²) in [6.45, 7) is 3.21. The fourth-order valence-corrected chi connectivity index (χ4v) is 3.90. The Morgan fingerprint density at radius 1 is 1.14 bits per heavy atom. The molecule has 7 heteroatoms. The summed E-state index contributed by atoms with van der Waals surface area (Å²) in [5.41, 5.74) is 3.48. The molecule has 3 heterocycles. The summed E-state index contributed by atoms with van der Waals surface area (Å²) >= 11 is 0. The number of hydrogen-bond acceptors (Lipinski definition) is 5. The van der Waals surface area contributed by atoms with Crippen LogP contribution in [0.5, 0.6) is 0 Å². The van der Waals surface area contributed by atoms with Crippen LogP contribution >= 0.6 is 0 Å². The average Bonchev–Trinajstić information content (AvgIpc) is 3.40. The van der Waals surface area contributed by atoms with Gasteiger partial charge in [0.25, 0.3) is 11.8 Å². The van der Waals surface area contributed by atoms with Crippen molar-refractivity contribution >= 4 is 16.9 Å². The quantitative estimate of drug-likeness (QED) is 0.575. The van der Waals surface area contributed by atoms with Gasteiger partial charge in [0.05, 0.1) is 11.0 Å². The summed E-state index contributed by atoms with van der Waals surface area (Å²) in [5, 5.41) is 3.81. The smallest absolute Gasteiger partial charge is 0.257 e. The SMILES string of the molecule is Cc1noc(-c2ccc(C(=O)N3CCCC(c4nc5ccccc5[nH]4)C3)cc2)n1. The number of hydrogen-bond donors (Lipinski definition) is 1. The number of carbonyl (C=O) groups is 1. The minimum Gasteiger partial charge on any atom is -0.342 e. The van der Waals surface area contributed by atoms with Crippen LogP contribution in [0.25, 0.3) is 22.5 Å². The van der Waals surface area contributed by atoms with E-state index in [-0.39, 0.29) is 11.8 Å². The number of aromatic amines is 1. The van der Waals surface area contributed by atoms with Crippen molar-refractivity contribution in [1.29, 1.82) is 0 Å². The van der Waals surface area contributed by atoms with Crippen LogP contribution in [0, 0.1) is 6.92 Å². The zero-order chi connectivity index (χ0) is 19.8. The predicted octanol–water partition coefficient (Wildman–Crippen LogP) is 3.94. The molecule has 0 aliphatic carbocycles. The Kier molecular flexibility index (Phi) is 4.35. The Hall–Kier alpha value is -3.48. The molecule has 1 amide bonds. The van der Waals surface area contributed by atoms with E-state index in [0.29, 0.717) is 23.8 Å². The van der Waals surface area contributed by atoms with E-state index < -0.39 is 0 Å². The van der Waals surface area contributed by atoms with E-state index in [0.717, 1.165) is 41.8 Å². The summed E-state index contributed by atoms with van der Waals surface area (Å²) in [7, 11) is 0. The van der Waals surface area contributed by atoms with Gasteiger partial charge in [0, 0.05) is 30.1 Å². The number of H-pyrrole nitrogens is 1. The summed E-state index contributed by atoms with van der Waals surface area (Å²) in [6, 6.07) is 15.4. The van der Waals surface area contributed by atoms with Crippen LogP contribution in [-0.4, -0.2) is 44.0 Å². The zero-order valence-corrected chi connectivity index (χ0v) is 16.1. The number of nitrogens with one attached hydrogen (secondary N) is 1. The number of fused-ring (bicyclic) bond motifs is 1. The molecule has 1 N–H and O–H groups in total. The molecule has 1 fully saturated rings. The van der Waals surface area contributed by atoms with Crippen LogP contribution in [0.4, 0.5) is 0 Å². The summed E-state index contributed by atoms with van der Waals surface area (Å²) in [6.07, 6.45) is 1.99. The monoisotopic (exact) mass is 387 g/mol. The lowest BCUT2D eigenvalue weighted by Crippen LogP contribution is -2.39. The third kappa shape index (κ3) is 3.40. The molecular weight excluding hydrogens is 366 g/mol. The maximum Gasteiger partial charge on any atom is 0.257 e. The van der Waals surface area contributed by atoms with Gasteiger partial charge in [0.15, 0.2) is 5.82 Å². The highest BCUT2D eigenvalue weighted by atomic mass is 16.5. The van der Waals surface area contributed by atoms with Crippen LogP contribution in [0.3, 0.4) is 0 Å². The van der Waals surface area contributed by atoms with Gasteiger partial charge in [0.2, 0.25) is 0 Å². The molecule has 1 aliphatic rings. The lowest BCUT2D eigenvalue weighted by molar-refractivity contribution is 0.0705. The van der Waals surface area contributed by atoms with Crippen molar-refractivity contribution < 1.29 is 9.32 Å². The molecule has 5 rings (SSSR count). The number of piperidine rings is 1. The van der Waals surface area contributed by atoms with Crippen LogP contribution < -0.4 is 0 Å². The molecular formula is C22H21N5O2. The molecule has 1 saturated heterocycles. The second-order valence-electron chi connectivity index (χ2n) is 7.45. The minimum absolute atomic E-state index is 0.0408. The molecule has 2 aromatic carbocycles. The number of aryl methyl sites for hydroxylation is 1. The fraction of sp³-hybridized carbons (Fsp3) is 0.273. The first-order valence-electron chi connectivity index (χ1n) is 9.82. The molecule has 29 heavy (non-hydrogen) atoms. The number of likely N-dealkylation sites (tertiary alicyclic amines) is 1. The Bertz CT molecular complexity index is 1130. The maximum absolute atomic E-state index is 13.0. The topological polar surface area (TPSA) is 87.9 Å². The highest BCUT2D eigenvalue weighted by molar-refractivity contribution is 5.94. The predicted molar refractivity (Wildman–Crippen MR) is 108 cm³/mol. The number of benzene rings is 2. The van der Waals surface area contributed by atoms with Crippen molar-refractivity contribution in [1.82, 2.24) is 25.0 Å². The van der Waals surface area contributed by atoms with Gasteiger partial charge in [-0.2, -0.15) is 4.98 Å². The Morgan fingerprint density at radius 2 is 1.97 bits per heavy atom. The molecule has 2 aromatic heterocycles. The number of imidazole rings is 1. The van der Waals surface area contributed by atoms with E-state index in [4.69, 9.17) is 9.51 Å². The van der Waals surface area contributed by atoms with E-state index in [9.17, 15) is 4.79 Å². The van der Waals surface area contributed by atoms with Crippen molar-refractivity contribution in [3.8, 4) is 11.5 Å². The Labute approximate surface area is 167 Å². The highest BCUT2D eigenvalue weighted by Crippen LogP contribution is 2.28. The lowest BCUT2D eigenvalue weighted by atomic mass is 9.96. The molecule has 146 valence electrons. The summed E-state index contributed by atoms with van der Waals surface area (Å²) in [5.74, 6) is 2.28. The molecule has 1 unspecified atom stereocenters. The second-order valence-corrected chi connectivity index (χ2v) is 7.45. The number of aromatic nitrogens is 4. The molecule has 1 atom stereocenters. The van der Waals surface area contributed by atoms with Crippen LogP contribution in [0.2, 0.25) is 0 Å². The molecule has 0 bridgehead atoms. The molecule has 0 spiro atoms. The second kappa shape index (κ2) is 7.16. The summed E-state index contributed by atoms with van der Waals surface area (Å²) in [4.78, 5) is 27.3. The zero-order valence-electron chi connectivity index (χ0n) is 16.1. The summed E-state index contributed by atoms with van der Waals surface area (Å²) < 4.78 is 5.19. The van der Waals surface area contributed by atoms with E-state index >= 15 is 0 Å². The van der Waals surface area contributed by atoms with Gasteiger partial charge in [0.1, 0.15) is 5.82 Å². The number of carbonyl (C=O) groups excluding carboxylic acids is 1. The number of nitrogens with zero attached hydrogens (tertiary/aromatic N) is 4. The molecule has 1 aliphatic heterocycles. The van der Waals surface area contributed by atoms with Gasteiger partial charge in [-0.15, -0.1) is 0 Å². The van der Waals surface area contributed by atoms with E-state index in [1.54, 1.807) is 6.92 Å².